The van der Waals surface area contributed by atoms with Crippen LogP contribution in [0.2, 0.25) is 0 Å². The molecule has 2 bridgehead atoms. The molecular weight excluding hydrogens is 508 g/mol. The number of benzene rings is 1. The fourth-order valence-electron chi connectivity index (χ4n) is 5.50. The van der Waals surface area contributed by atoms with Gasteiger partial charge in [0.05, 0.1) is 23.9 Å². The van der Waals surface area contributed by atoms with E-state index in [-0.39, 0.29) is 18.1 Å². The van der Waals surface area contributed by atoms with Crippen LogP contribution in [0.15, 0.2) is 48.8 Å². The summed E-state index contributed by atoms with van der Waals surface area (Å²) in [7, 11) is 0. The van der Waals surface area contributed by atoms with Gasteiger partial charge in [0, 0.05) is 30.6 Å². The number of rotatable bonds is 10. The van der Waals surface area contributed by atoms with E-state index in [2.05, 4.69) is 20.6 Å². The molecule has 0 radical (unpaired) electrons. The maximum atomic E-state index is 13.4. The van der Waals surface area contributed by atoms with Crippen LogP contribution in [0.3, 0.4) is 0 Å². The second kappa shape index (κ2) is 10.3. The molecule has 0 atom stereocenters. The van der Waals surface area contributed by atoms with E-state index < -0.39 is 22.7 Å². The number of amides is 1. The zero-order valence-electron chi connectivity index (χ0n) is 21.7. The lowest BCUT2D eigenvalue weighted by atomic mass is 9.53. The number of carbonyl (C=O) groups is 2. The van der Waals surface area contributed by atoms with Crippen molar-refractivity contribution in [2.45, 2.75) is 71.1 Å². The molecule has 11 heteroatoms. The van der Waals surface area contributed by atoms with Crippen LogP contribution in [-0.2, 0) is 35.2 Å². The Labute approximate surface area is 224 Å². The second-order valence-corrected chi connectivity index (χ2v) is 10.8. The van der Waals surface area contributed by atoms with Gasteiger partial charge in [0.1, 0.15) is 18.1 Å². The number of aliphatic carboxylic acids is 1. The van der Waals surface area contributed by atoms with E-state index in [0.29, 0.717) is 68.8 Å². The number of hydrogen-bond acceptors (Lipinski definition) is 6. The number of nitrogens with one attached hydrogen (secondary N) is 1. The van der Waals surface area contributed by atoms with Crippen LogP contribution in [0, 0.1) is 10.8 Å². The lowest BCUT2D eigenvalue weighted by molar-refractivity contribution is -0.163. The highest BCUT2D eigenvalue weighted by atomic mass is 19.3. The number of ether oxygens (including phenoxy) is 1. The highest BCUT2D eigenvalue weighted by molar-refractivity contribution is 5.84. The SMILES string of the molecule is CC(F)(F)c1ccc(Cn2cc(COc3ccc(CNC(=O)C45CCC(C(=O)O)(CC4)CC5)cc3)nn2)nc1. The van der Waals surface area contributed by atoms with E-state index in [4.69, 9.17) is 4.74 Å². The molecule has 3 fully saturated rings. The Hall–Kier alpha value is -3.89. The largest absolute Gasteiger partial charge is 0.487 e. The van der Waals surface area contributed by atoms with Gasteiger partial charge in [0.2, 0.25) is 5.91 Å². The first-order chi connectivity index (χ1) is 18.6. The van der Waals surface area contributed by atoms with Crippen molar-refractivity contribution in [3.8, 4) is 5.75 Å². The van der Waals surface area contributed by atoms with Crippen molar-refractivity contribution in [2.75, 3.05) is 0 Å². The maximum Gasteiger partial charge on any atom is 0.309 e. The summed E-state index contributed by atoms with van der Waals surface area (Å²) in [5, 5.41) is 20.7. The summed E-state index contributed by atoms with van der Waals surface area (Å²) in [5.41, 5.74) is 0.911. The molecule has 0 saturated heterocycles. The molecule has 0 aliphatic heterocycles. The number of halogens is 2. The number of fused-ring (bicyclic) bond motifs is 3. The van der Waals surface area contributed by atoms with Gasteiger partial charge in [-0.3, -0.25) is 14.6 Å². The van der Waals surface area contributed by atoms with Gasteiger partial charge >= 0.3 is 5.97 Å². The molecule has 3 aliphatic carbocycles. The van der Waals surface area contributed by atoms with Gasteiger partial charge in [-0.2, -0.15) is 0 Å². The summed E-state index contributed by atoms with van der Waals surface area (Å²) < 4.78 is 34.1. The summed E-state index contributed by atoms with van der Waals surface area (Å²) in [6.07, 6.45) is 6.47. The first kappa shape index (κ1) is 26.7. The molecule has 3 saturated carbocycles. The summed E-state index contributed by atoms with van der Waals surface area (Å²) >= 11 is 0. The van der Waals surface area contributed by atoms with Crippen molar-refractivity contribution in [2.24, 2.45) is 10.8 Å². The zero-order chi connectivity index (χ0) is 27.7. The van der Waals surface area contributed by atoms with Crippen molar-refractivity contribution in [1.29, 1.82) is 0 Å². The summed E-state index contributed by atoms with van der Waals surface area (Å²) in [5.74, 6) is -3.01. The Balaban J connectivity index is 1.08. The molecule has 6 rings (SSSR count). The molecule has 3 aromatic rings. The number of nitrogens with zero attached hydrogens (tertiary/aromatic N) is 4. The fraction of sp³-hybridized carbons (Fsp3) is 0.464. The van der Waals surface area contributed by atoms with Crippen LogP contribution in [0.1, 0.15) is 68.0 Å². The van der Waals surface area contributed by atoms with Crippen LogP contribution in [0.5, 0.6) is 5.75 Å². The van der Waals surface area contributed by atoms with Crippen LogP contribution in [0.25, 0.3) is 0 Å². The number of pyridine rings is 1. The molecule has 2 aromatic heterocycles. The van der Waals surface area contributed by atoms with Crippen LogP contribution >= 0.6 is 0 Å². The van der Waals surface area contributed by atoms with Crippen LogP contribution in [-0.4, -0.2) is 37.0 Å². The lowest BCUT2D eigenvalue weighted by Crippen LogP contribution is -2.52. The zero-order valence-corrected chi connectivity index (χ0v) is 21.7. The molecule has 1 amide bonds. The second-order valence-electron chi connectivity index (χ2n) is 10.8. The molecule has 0 spiro atoms. The van der Waals surface area contributed by atoms with Crippen molar-refractivity contribution >= 4 is 11.9 Å². The molecule has 206 valence electrons. The van der Waals surface area contributed by atoms with Crippen molar-refractivity contribution in [1.82, 2.24) is 25.3 Å². The Bertz CT molecular complexity index is 1310. The highest BCUT2D eigenvalue weighted by Crippen LogP contribution is 2.57. The molecule has 2 heterocycles. The smallest absolute Gasteiger partial charge is 0.309 e. The molecule has 9 nitrogen and oxygen atoms in total. The van der Waals surface area contributed by atoms with Gasteiger partial charge < -0.3 is 15.2 Å². The number of aromatic nitrogens is 4. The van der Waals surface area contributed by atoms with E-state index in [1.54, 1.807) is 16.9 Å². The van der Waals surface area contributed by atoms with Crippen LogP contribution in [0.4, 0.5) is 8.78 Å². The minimum Gasteiger partial charge on any atom is -0.487 e. The Morgan fingerprint density at radius 2 is 1.69 bits per heavy atom. The first-order valence-electron chi connectivity index (χ1n) is 13.0. The Kier molecular flexibility index (Phi) is 7.09. The number of carboxylic acid groups (broad SMARTS) is 1. The average molecular weight is 540 g/mol. The van der Waals surface area contributed by atoms with E-state index in [9.17, 15) is 23.5 Å². The predicted molar refractivity (Wildman–Crippen MR) is 136 cm³/mol. The Morgan fingerprint density at radius 3 is 2.28 bits per heavy atom. The van der Waals surface area contributed by atoms with Gasteiger partial charge in [-0.05, 0) is 68.4 Å². The van der Waals surface area contributed by atoms with Gasteiger partial charge in [-0.25, -0.2) is 13.5 Å². The molecule has 2 N–H and O–H groups in total. The normalized spacial score (nSPS) is 22.4. The molecule has 0 unspecified atom stereocenters. The lowest BCUT2D eigenvalue weighted by Gasteiger charge is -2.50. The topological polar surface area (TPSA) is 119 Å². The summed E-state index contributed by atoms with van der Waals surface area (Å²) in [6, 6.07) is 10.3. The van der Waals surface area contributed by atoms with E-state index in [0.717, 1.165) is 12.5 Å². The van der Waals surface area contributed by atoms with E-state index >= 15 is 0 Å². The number of carbonyl (C=O) groups excluding carboxylic acids is 1. The van der Waals surface area contributed by atoms with Crippen LogP contribution < -0.4 is 10.1 Å². The minimum atomic E-state index is -2.93. The molecule has 3 aliphatic rings. The third kappa shape index (κ3) is 5.76. The van der Waals surface area contributed by atoms with E-state index in [1.807, 2.05) is 24.3 Å². The van der Waals surface area contributed by atoms with Gasteiger partial charge in [-0.15, -0.1) is 5.10 Å². The number of hydrogen-bond donors (Lipinski definition) is 2. The van der Waals surface area contributed by atoms with Crippen molar-refractivity contribution in [3.63, 3.8) is 0 Å². The number of carboxylic acids is 1. The third-order valence-electron chi connectivity index (χ3n) is 8.19. The van der Waals surface area contributed by atoms with Gasteiger partial charge in [-0.1, -0.05) is 17.3 Å². The maximum absolute atomic E-state index is 13.4. The van der Waals surface area contributed by atoms with Crippen molar-refractivity contribution in [3.05, 3.63) is 71.3 Å². The fourth-order valence-corrected chi connectivity index (χ4v) is 5.50. The summed E-state index contributed by atoms with van der Waals surface area (Å²) in [4.78, 5) is 28.7. The summed E-state index contributed by atoms with van der Waals surface area (Å²) in [6.45, 7) is 1.72. The molecular formula is C28H31F2N5O4. The van der Waals surface area contributed by atoms with E-state index in [1.165, 1.54) is 12.3 Å². The monoisotopic (exact) mass is 539 g/mol. The highest BCUT2D eigenvalue weighted by Gasteiger charge is 2.55. The minimum absolute atomic E-state index is 0.0130. The standard InChI is InChI=1S/C28H31F2N5O4/c1-26(29,30)20-4-5-21(31-15-20)16-35-17-22(33-34-35)18-39-23-6-2-19(3-7-23)14-32-24(36)27-8-11-28(12-9-27,13-10-27)25(37)38/h2-7,15,17H,8-14,16,18H2,1H3,(H,32,36)(H,37,38). The first-order valence-corrected chi connectivity index (χ1v) is 13.0. The predicted octanol–water partition coefficient (Wildman–Crippen LogP) is 4.45. The van der Waals surface area contributed by atoms with Gasteiger partial charge in [0.25, 0.3) is 5.92 Å². The third-order valence-corrected chi connectivity index (χ3v) is 8.19. The average Bonchev–Trinajstić information content (AvgIpc) is 3.39. The quantitative estimate of drug-likeness (QED) is 0.391. The number of alkyl halides is 2. The molecule has 1 aromatic carbocycles. The molecule has 39 heavy (non-hydrogen) atoms. The van der Waals surface area contributed by atoms with Crippen molar-refractivity contribution < 1.29 is 28.2 Å². The van der Waals surface area contributed by atoms with Gasteiger partial charge in [0.15, 0.2) is 0 Å². The Morgan fingerprint density at radius 1 is 1.03 bits per heavy atom.